The van der Waals surface area contributed by atoms with E-state index in [4.69, 9.17) is 9.26 Å². The summed E-state index contributed by atoms with van der Waals surface area (Å²) in [5.41, 5.74) is 0.948. The zero-order valence-electron chi connectivity index (χ0n) is 18.9. The number of ether oxygens (including phenoxy) is 1. The van der Waals surface area contributed by atoms with Crippen molar-refractivity contribution < 1.29 is 18.4 Å². The molecular weight excluding hydrogens is 457 g/mol. The third-order valence-corrected chi connectivity index (χ3v) is 5.91. The number of hydrogen-bond donors (Lipinski definition) is 3. The van der Waals surface area contributed by atoms with Crippen LogP contribution in [-0.2, 0) is 4.74 Å². The highest BCUT2D eigenvalue weighted by atomic mass is 19.1. The number of carbonyl (C=O) groups is 1. The fraction of sp³-hybridized carbons (Fsp3) is 0.261. The molecule has 1 aliphatic carbocycles. The van der Waals surface area contributed by atoms with Crippen LogP contribution in [0.1, 0.15) is 23.4 Å². The van der Waals surface area contributed by atoms with Crippen LogP contribution in [0.15, 0.2) is 52.0 Å². The maximum absolute atomic E-state index is 13.2. The third kappa shape index (κ3) is 4.19. The van der Waals surface area contributed by atoms with Gasteiger partial charge in [-0.05, 0) is 37.1 Å². The number of aromatic nitrogens is 4. The van der Waals surface area contributed by atoms with Crippen molar-refractivity contribution in [3.63, 3.8) is 0 Å². The molecule has 5 rings (SSSR count). The predicted molar refractivity (Wildman–Crippen MR) is 126 cm³/mol. The second-order valence-electron chi connectivity index (χ2n) is 8.00. The van der Waals surface area contributed by atoms with E-state index in [0.29, 0.717) is 17.0 Å². The van der Waals surface area contributed by atoms with Gasteiger partial charge >= 0.3 is 0 Å². The highest BCUT2D eigenvalue weighted by Crippen LogP contribution is 2.29. The van der Waals surface area contributed by atoms with Crippen LogP contribution >= 0.6 is 0 Å². The molecule has 0 radical (unpaired) electrons. The Morgan fingerprint density at radius 3 is 2.77 bits per heavy atom. The zero-order chi connectivity index (χ0) is 24.5. The summed E-state index contributed by atoms with van der Waals surface area (Å²) in [5, 5.41) is 12.9. The molecule has 180 valence electrons. The van der Waals surface area contributed by atoms with Crippen molar-refractivity contribution in [2.24, 2.45) is 0 Å². The summed E-state index contributed by atoms with van der Waals surface area (Å²) in [6.07, 6.45) is 4.20. The van der Waals surface area contributed by atoms with Gasteiger partial charge in [0.05, 0.1) is 24.0 Å². The van der Waals surface area contributed by atoms with E-state index in [1.807, 2.05) is 0 Å². The minimum absolute atomic E-state index is 0.0390. The quantitative estimate of drug-likeness (QED) is 0.365. The van der Waals surface area contributed by atoms with Crippen LogP contribution < -0.4 is 21.5 Å². The van der Waals surface area contributed by atoms with Gasteiger partial charge in [0.15, 0.2) is 5.52 Å². The van der Waals surface area contributed by atoms with Gasteiger partial charge in [0.1, 0.15) is 28.7 Å². The van der Waals surface area contributed by atoms with E-state index in [-0.39, 0.29) is 34.9 Å². The lowest BCUT2D eigenvalue weighted by atomic mass is 9.89. The number of nitrogens with zero attached hydrogens (tertiary/aromatic N) is 4. The van der Waals surface area contributed by atoms with E-state index >= 15 is 0 Å². The zero-order valence-corrected chi connectivity index (χ0v) is 18.9. The van der Waals surface area contributed by atoms with Crippen LogP contribution in [0.4, 0.5) is 21.6 Å². The topological polar surface area (TPSA) is 136 Å². The SMILES string of the molecule is CNc1cc(Nc2cccn(-c3ccc(F)cn3)c2=O)nc2c(C(=O)N[C@@H]3CC[C@H]3OC)onc12. The molecule has 1 saturated carbocycles. The molecule has 1 fully saturated rings. The smallest absolute Gasteiger partial charge is 0.292 e. The Labute approximate surface area is 198 Å². The lowest BCUT2D eigenvalue weighted by Gasteiger charge is -2.35. The van der Waals surface area contributed by atoms with Crippen LogP contribution in [0.2, 0.25) is 0 Å². The maximum atomic E-state index is 13.2. The summed E-state index contributed by atoms with van der Waals surface area (Å²) in [6, 6.07) is 7.39. The molecule has 4 aromatic rings. The number of halogens is 1. The van der Waals surface area contributed by atoms with Gasteiger partial charge in [-0.3, -0.25) is 14.2 Å². The number of hydrogen-bond acceptors (Lipinski definition) is 9. The van der Waals surface area contributed by atoms with E-state index in [9.17, 15) is 14.0 Å². The summed E-state index contributed by atoms with van der Waals surface area (Å²) in [4.78, 5) is 34.4. The molecule has 0 bridgehead atoms. The van der Waals surface area contributed by atoms with Crippen molar-refractivity contribution in [3.05, 3.63) is 64.7 Å². The minimum Gasteiger partial charge on any atom is -0.386 e. The van der Waals surface area contributed by atoms with Crippen molar-refractivity contribution in [2.45, 2.75) is 25.0 Å². The summed E-state index contributed by atoms with van der Waals surface area (Å²) in [5.74, 6) is -0.433. The molecule has 1 aliphatic rings. The number of rotatable bonds is 7. The monoisotopic (exact) mass is 479 g/mol. The average Bonchev–Trinajstić information content (AvgIpc) is 3.27. The normalized spacial score (nSPS) is 17.1. The molecule has 1 amide bonds. The van der Waals surface area contributed by atoms with Gasteiger partial charge in [-0.2, -0.15) is 0 Å². The minimum atomic E-state index is -0.503. The van der Waals surface area contributed by atoms with Gasteiger partial charge in [-0.25, -0.2) is 14.4 Å². The number of anilines is 3. The Hall–Kier alpha value is -4.32. The average molecular weight is 479 g/mol. The summed E-state index contributed by atoms with van der Waals surface area (Å²) in [7, 11) is 3.30. The molecule has 0 aliphatic heterocycles. The van der Waals surface area contributed by atoms with E-state index in [1.165, 1.54) is 22.9 Å². The molecule has 12 heteroatoms. The molecule has 35 heavy (non-hydrogen) atoms. The van der Waals surface area contributed by atoms with Gasteiger partial charge in [0.2, 0.25) is 5.76 Å². The number of amides is 1. The third-order valence-electron chi connectivity index (χ3n) is 5.91. The number of methoxy groups -OCH3 is 1. The molecule has 0 spiro atoms. The van der Waals surface area contributed by atoms with E-state index < -0.39 is 17.3 Å². The maximum Gasteiger partial charge on any atom is 0.292 e. The van der Waals surface area contributed by atoms with E-state index in [2.05, 4.69) is 31.1 Å². The molecule has 4 aromatic heterocycles. The van der Waals surface area contributed by atoms with Crippen molar-refractivity contribution >= 4 is 34.1 Å². The van der Waals surface area contributed by atoms with Crippen molar-refractivity contribution in [2.75, 3.05) is 24.8 Å². The van der Waals surface area contributed by atoms with Gasteiger partial charge in [-0.15, -0.1) is 0 Å². The lowest BCUT2D eigenvalue weighted by Crippen LogP contribution is -2.51. The molecule has 0 saturated heterocycles. The molecule has 11 nitrogen and oxygen atoms in total. The van der Waals surface area contributed by atoms with Crippen LogP contribution in [-0.4, -0.2) is 51.9 Å². The standard InChI is InChI=1S/C23H22FN7O4/c1-25-15-10-17(27-14-4-3-9-31(23(14)33)18-8-5-12(24)11-26-18)29-20-19(15)30-35-21(20)22(32)28-13-6-7-16(13)34-2/h3-5,8-11,13,16,25H,6-7H2,1-2H3,(H,27,29)(H,28,32)/t13-,16-/m1/s1. The Balaban J connectivity index is 1.48. The highest BCUT2D eigenvalue weighted by Gasteiger charge is 2.34. The number of pyridine rings is 3. The Morgan fingerprint density at radius 2 is 2.09 bits per heavy atom. The lowest BCUT2D eigenvalue weighted by molar-refractivity contribution is 0.00678. The predicted octanol–water partition coefficient (Wildman–Crippen LogP) is 2.60. The Bertz CT molecular complexity index is 1450. The van der Waals surface area contributed by atoms with Crippen molar-refractivity contribution in [1.82, 2.24) is 25.0 Å². The molecule has 0 unspecified atom stereocenters. The molecule has 2 atom stereocenters. The van der Waals surface area contributed by atoms with Gasteiger partial charge in [0.25, 0.3) is 11.5 Å². The van der Waals surface area contributed by atoms with Gasteiger partial charge in [-0.1, -0.05) is 5.16 Å². The first-order valence-corrected chi connectivity index (χ1v) is 10.9. The molecule has 4 heterocycles. The fourth-order valence-corrected chi connectivity index (χ4v) is 3.90. The number of fused-ring (bicyclic) bond motifs is 1. The highest BCUT2D eigenvalue weighted by molar-refractivity contribution is 6.05. The van der Waals surface area contributed by atoms with Crippen LogP contribution in [0.5, 0.6) is 0 Å². The first-order chi connectivity index (χ1) is 17.0. The summed E-state index contributed by atoms with van der Waals surface area (Å²) in [6.45, 7) is 0. The largest absolute Gasteiger partial charge is 0.386 e. The van der Waals surface area contributed by atoms with E-state index in [0.717, 1.165) is 19.0 Å². The molecule has 0 aromatic carbocycles. The van der Waals surface area contributed by atoms with Gasteiger partial charge in [0, 0.05) is 26.4 Å². The Kier molecular flexibility index (Phi) is 5.87. The Morgan fingerprint density at radius 1 is 1.23 bits per heavy atom. The van der Waals surface area contributed by atoms with Crippen molar-refractivity contribution in [3.8, 4) is 5.82 Å². The molecule has 3 N–H and O–H groups in total. The van der Waals surface area contributed by atoms with E-state index in [1.54, 1.807) is 32.4 Å². The first kappa shape index (κ1) is 22.5. The van der Waals surface area contributed by atoms with Crippen LogP contribution in [0.25, 0.3) is 16.9 Å². The second-order valence-corrected chi connectivity index (χ2v) is 8.00. The van der Waals surface area contributed by atoms with Crippen LogP contribution in [0, 0.1) is 5.82 Å². The number of nitrogens with one attached hydrogen (secondary N) is 3. The van der Waals surface area contributed by atoms with Crippen molar-refractivity contribution in [1.29, 1.82) is 0 Å². The van der Waals surface area contributed by atoms with Crippen LogP contribution in [0.3, 0.4) is 0 Å². The summed E-state index contributed by atoms with van der Waals surface area (Å²) >= 11 is 0. The fourth-order valence-electron chi connectivity index (χ4n) is 3.90. The first-order valence-electron chi connectivity index (χ1n) is 10.9. The second kappa shape index (κ2) is 9.14. The molecular formula is C23H22FN7O4. The number of carbonyl (C=O) groups excluding carboxylic acids is 1. The van der Waals surface area contributed by atoms with Gasteiger partial charge < -0.3 is 25.2 Å². The summed E-state index contributed by atoms with van der Waals surface area (Å²) < 4.78 is 25.2.